The van der Waals surface area contributed by atoms with Gasteiger partial charge in [0.2, 0.25) is 5.91 Å². The number of benzene rings is 1. The Morgan fingerprint density at radius 2 is 1.89 bits per heavy atom. The number of halogens is 2. The summed E-state index contributed by atoms with van der Waals surface area (Å²) >= 11 is 4.62. The average Bonchev–Trinajstić information content (AvgIpc) is 3.12. The van der Waals surface area contributed by atoms with Crippen LogP contribution in [-0.2, 0) is 4.79 Å². The molecule has 1 fully saturated rings. The predicted molar refractivity (Wildman–Crippen MR) is 105 cm³/mol. The van der Waals surface area contributed by atoms with Crippen molar-refractivity contribution in [1.29, 1.82) is 0 Å². The van der Waals surface area contributed by atoms with Gasteiger partial charge in [0.1, 0.15) is 5.82 Å². The fraction of sp³-hybridized carbons (Fsp3) is 0.368. The summed E-state index contributed by atoms with van der Waals surface area (Å²) in [7, 11) is 0. The first-order valence-electron chi connectivity index (χ1n) is 8.69. The van der Waals surface area contributed by atoms with E-state index in [9.17, 15) is 19.1 Å². The fourth-order valence-electron chi connectivity index (χ4n) is 3.19. The van der Waals surface area contributed by atoms with Crippen LogP contribution >= 0.6 is 27.3 Å². The van der Waals surface area contributed by atoms with Crippen LogP contribution in [0.1, 0.15) is 34.2 Å². The number of likely N-dealkylation sites (tertiary alicyclic amines) is 1. The van der Waals surface area contributed by atoms with E-state index in [0.29, 0.717) is 36.4 Å². The third kappa shape index (κ3) is 5.15. The van der Waals surface area contributed by atoms with Gasteiger partial charge in [-0.1, -0.05) is 12.1 Å². The first kappa shape index (κ1) is 20.0. The molecule has 1 aliphatic heterocycles. The van der Waals surface area contributed by atoms with Gasteiger partial charge in [-0.25, -0.2) is 4.39 Å². The van der Waals surface area contributed by atoms with Gasteiger partial charge >= 0.3 is 0 Å². The minimum atomic E-state index is -0.667. The van der Waals surface area contributed by atoms with E-state index in [1.165, 1.54) is 23.5 Å². The number of carbonyl (C=O) groups excluding carboxylic acids is 2. The highest BCUT2D eigenvalue weighted by molar-refractivity contribution is 9.11. The monoisotopic (exact) mass is 454 g/mol. The average molecular weight is 455 g/mol. The summed E-state index contributed by atoms with van der Waals surface area (Å²) < 4.78 is 13.9. The fourth-order valence-corrected chi connectivity index (χ4v) is 4.49. The maximum absolute atomic E-state index is 13.0. The summed E-state index contributed by atoms with van der Waals surface area (Å²) in [5.41, 5.74) is 0.690. The molecule has 2 heterocycles. The second-order valence-corrected chi connectivity index (χ2v) is 8.96. The van der Waals surface area contributed by atoms with E-state index in [1.54, 1.807) is 29.2 Å². The van der Waals surface area contributed by atoms with Crippen molar-refractivity contribution < 1.29 is 19.1 Å². The summed E-state index contributed by atoms with van der Waals surface area (Å²) in [6.07, 6.45) is 0.659. The Morgan fingerprint density at radius 1 is 1.22 bits per heavy atom. The summed E-state index contributed by atoms with van der Waals surface area (Å²) in [5, 5.41) is 13.1. The van der Waals surface area contributed by atoms with E-state index in [1.807, 2.05) is 0 Å². The van der Waals surface area contributed by atoms with Crippen molar-refractivity contribution in [3.05, 3.63) is 56.4 Å². The molecule has 3 rings (SSSR count). The van der Waals surface area contributed by atoms with E-state index in [0.717, 1.165) is 3.79 Å². The van der Waals surface area contributed by atoms with Crippen LogP contribution in [0.4, 0.5) is 4.39 Å². The molecule has 27 heavy (non-hydrogen) atoms. The molecule has 1 aromatic carbocycles. The van der Waals surface area contributed by atoms with Crippen molar-refractivity contribution in [3.63, 3.8) is 0 Å². The molecule has 0 bridgehead atoms. The molecule has 144 valence electrons. The van der Waals surface area contributed by atoms with Gasteiger partial charge in [0.05, 0.1) is 21.3 Å². The number of aliphatic hydroxyl groups is 1. The highest BCUT2D eigenvalue weighted by Crippen LogP contribution is 2.30. The number of piperidine rings is 1. The molecule has 1 saturated heterocycles. The van der Waals surface area contributed by atoms with Crippen molar-refractivity contribution in [2.24, 2.45) is 5.92 Å². The van der Waals surface area contributed by atoms with Crippen LogP contribution in [0.3, 0.4) is 0 Å². The maximum atomic E-state index is 13.0. The van der Waals surface area contributed by atoms with Gasteiger partial charge in [-0.3, -0.25) is 9.59 Å². The first-order chi connectivity index (χ1) is 12.9. The molecule has 1 aromatic heterocycles. The van der Waals surface area contributed by atoms with Gasteiger partial charge in [0.15, 0.2) is 0 Å². The van der Waals surface area contributed by atoms with Crippen molar-refractivity contribution >= 4 is 39.1 Å². The molecule has 5 nitrogen and oxygen atoms in total. The largest absolute Gasteiger partial charge is 0.388 e. The van der Waals surface area contributed by atoms with Gasteiger partial charge in [-0.15, -0.1) is 11.3 Å². The molecular weight excluding hydrogens is 435 g/mol. The standard InChI is InChI=1S/C19H20BrFN2O3S/c20-16-6-5-15(27-16)19(26)22-11-17(24)23-9-7-13(8-10-23)18(25)12-1-3-14(21)4-2-12/h1-6,13,18,25H,7-11H2,(H,22,26). The number of aliphatic hydroxyl groups excluding tert-OH is 1. The molecule has 1 aliphatic rings. The topological polar surface area (TPSA) is 69.6 Å². The van der Waals surface area contributed by atoms with Crippen LogP contribution in [0, 0.1) is 11.7 Å². The Balaban J connectivity index is 1.46. The minimum Gasteiger partial charge on any atom is -0.388 e. The number of hydrogen-bond donors (Lipinski definition) is 2. The van der Waals surface area contributed by atoms with E-state index in [-0.39, 0.29) is 30.1 Å². The number of nitrogens with zero attached hydrogens (tertiary/aromatic N) is 1. The van der Waals surface area contributed by atoms with Crippen molar-refractivity contribution in [2.45, 2.75) is 18.9 Å². The Hall–Kier alpha value is -1.77. The van der Waals surface area contributed by atoms with E-state index in [4.69, 9.17) is 0 Å². The lowest BCUT2D eigenvalue weighted by Crippen LogP contribution is -2.44. The first-order valence-corrected chi connectivity index (χ1v) is 10.3. The van der Waals surface area contributed by atoms with Gasteiger partial charge < -0.3 is 15.3 Å². The summed E-state index contributed by atoms with van der Waals surface area (Å²) in [6, 6.07) is 9.36. The van der Waals surface area contributed by atoms with Crippen LogP contribution in [0.5, 0.6) is 0 Å². The zero-order chi connectivity index (χ0) is 19.4. The molecule has 0 saturated carbocycles. The van der Waals surface area contributed by atoms with Gasteiger partial charge in [0, 0.05) is 13.1 Å². The number of hydrogen-bond acceptors (Lipinski definition) is 4. The molecule has 1 unspecified atom stereocenters. The smallest absolute Gasteiger partial charge is 0.261 e. The SMILES string of the molecule is O=C(NCC(=O)N1CCC(C(O)c2ccc(F)cc2)CC1)c1ccc(Br)s1. The van der Waals surface area contributed by atoms with E-state index < -0.39 is 6.10 Å². The Labute approximate surface area is 169 Å². The molecule has 2 aromatic rings. The molecule has 0 spiro atoms. The number of rotatable bonds is 5. The zero-order valence-corrected chi connectivity index (χ0v) is 16.9. The van der Waals surface area contributed by atoms with Crippen LogP contribution < -0.4 is 5.32 Å². The normalized spacial score (nSPS) is 16.2. The Kier molecular flexibility index (Phi) is 6.62. The van der Waals surface area contributed by atoms with Crippen molar-refractivity contribution in [1.82, 2.24) is 10.2 Å². The Morgan fingerprint density at radius 3 is 2.48 bits per heavy atom. The maximum Gasteiger partial charge on any atom is 0.261 e. The highest BCUT2D eigenvalue weighted by atomic mass is 79.9. The van der Waals surface area contributed by atoms with Gasteiger partial charge in [0.25, 0.3) is 5.91 Å². The zero-order valence-electron chi connectivity index (χ0n) is 14.5. The second-order valence-electron chi connectivity index (χ2n) is 6.50. The number of amides is 2. The third-order valence-corrected chi connectivity index (χ3v) is 6.37. The predicted octanol–water partition coefficient (Wildman–Crippen LogP) is 3.35. The lowest BCUT2D eigenvalue weighted by Gasteiger charge is -2.34. The van der Waals surface area contributed by atoms with Gasteiger partial charge in [-0.2, -0.15) is 0 Å². The van der Waals surface area contributed by atoms with E-state index >= 15 is 0 Å². The quantitative estimate of drug-likeness (QED) is 0.727. The molecule has 0 radical (unpaired) electrons. The Bertz CT molecular complexity index is 804. The molecule has 2 N–H and O–H groups in total. The van der Waals surface area contributed by atoms with Crippen LogP contribution in [0.15, 0.2) is 40.2 Å². The van der Waals surface area contributed by atoms with Crippen LogP contribution in [-0.4, -0.2) is 41.5 Å². The molecule has 8 heteroatoms. The van der Waals surface area contributed by atoms with Gasteiger partial charge in [-0.05, 0) is 64.5 Å². The number of nitrogens with one attached hydrogen (secondary N) is 1. The summed E-state index contributed by atoms with van der Waals surface area (Å²) in [6.45, 7) is 1.02. The molecule has 2 amide bonds. The summed E-state index contributed by atoms with van der Waals surface area (Å²) in [5.74, 6) is -0.699. The lowest BCUT2D eigenvalue weighted by atomic mass is 9.87. The van der Waals surface area contributed by atoms with Crippen LogP contribution in [0.2, 0.25) is 0 Å². The summed E-state index contributed by atoms with van der Waals surface area (Å²) in [4.78, 5) is 26.6. The van der Waals surface area contributed by atoms with Crippen molar-refractivity contribution in [2.75, 3.05) is 19.6 Å². The van der Waals surface area contributed by atoms with E-state index in [2.05, 4.69) is 21.2 Å². The molecule has 1 atom stereocenters. The molecular formula is C19H20BrFN2O3S. The minimum absolute atomic E-state index is 0.0255. The molecule has 0 aliphatic carbocycles. The number of carbonyl (C=O) groups is 2. The van der Waals surface area contributed by atoms with Crippen LogP contribution in [0.25, 0.3) is 0 Å². The van der Waals surface area contributed by atoms with Crippen molar-refractivity contribution in [3.8, 4) is 0 Å². The second kappa shape index (κ2) is 8.95. The lowest BCUT2D eigenvalue weighted by molar-refractivity contribution is -0.132. The number of thiophene rings is 1. The highest BCUT2D eigenvalue weighted by Gasteiger charge is 2.28. The third-order valence-electron chi connectivity index (χ3n) is 4.75.